The summed E-state index contributed by atoms with van der Waals surface area (Å²) in [6, 6.07) is 5.18. The zero-order valence-corrected chi connectivity index (χ0v) is 16.9. The maximum atomic E-state index is 12.5. The van der Waals surface area contributed by atoms with Crippen LogP contribution < -0.4 is 10.6 Å². The molecule has 0 radical (unpaired) electrons. The van der Waals surface area contributed by atoms with Crippen LogP contribution in [0.4, 0.5) is 0 Å². The van der Waals surface area contributed by atoms with Gasteiger partial charge in [0.2, 0.25) is 11.8 Å². The molecule has 0 aliphatic heterocycles. The zero-order chi connectivity index (χ0) is 19.0. The van der Waals surface area contributed by atoms with Crippen LogP contribution in [0.25, 0.3) is 0 Å². The fourth-order valence-electron chi connectivity index (χ4n) is 6.01. The monoisotopic (exact) mass is 408 g/mol. The molecule has 4 aliphatic carbocycles. The molecule has 4 nitrogen and oxygen atoms in total. The van der Waals surface area contributed by atoms with Crippen molar-refractivity contribution in [3.8, 4) is 0 Å². The summed E-state index contributed by atoms with van der Waals surface area (Å²) in [5.74, 6) is 2.29. The minimum absolute atomic E-state index is 0.0103. The highest BCUT2D eigenvalue weighted by atomic mass is 35.5. The standard InChI is InChI=1S/C21H26Cl2N2O2/c22-17-2-1-16(18(23)6-17)11-24-20(27)12-25-19(26)10-21-7-13-3-14(8-21)5-15(4-13)9-21/h1-2,6,13-15H,3-5,7-12H2,(H,24,27)(H,25,26). The van der Waals surface area contributed by atoms with Gasteiger partial charge in [0.05, 0.1) is 6.54 Å². The molecule has 5 rings (SSSR count). The van der Waals surface area contributed by atoms with Crippen LogP contribution in [0.5, 0.6) is 0 Å². The number of benzene rings is 1. The Morgan fingerprint density at radius 1 is 0.963 bits per heavy atom. The van der Waals surface area contributed by atoms with Gasteiger partial charge < -0.3 is 10.6 Å². The first-order valence-corrected chi connectivity index (χ1v) is 10.6. The molecule has 1 aromatic rings. The van der Waals surface area contributed by atoms with E-state index in [2.05, 4.69) is 10.6 Å². The number of carbonyl (C=O) groups excluding carboxylic acids is 2. The molecule has 6 heteroatoms. The number of carbonyl (C=O) groups is 2. The second-order valence-corrected chi connectivity index (χ2v) is 9.73. The molecule has 2 amide bonds. The average molecular weight is 409 g/mol. The van der Waals surface area contributed by atoms with Gasteiger partial charge in [0.15, 0.2) is 0 Å². The van der Waals surface area contributed by atoms with Gasteiger partial charge in [-0.05, 0) is 79.4 Å². The highest BCUT2D eigenvalue weighted by molar-refractivity contribution is 6.35. The highest BCUT2D eigenvalue weighted by Crippen LogP contribution is 2.61. The average Bonchev–Trinajstić information content (AvgIpc) is 2.57. The van der Waals surface area contributed by atoms with Crippen LogP contribution in [0, 0.1) is 23.2 Å². The van der Waals surface area contributed by atoms with Gasteiger partial charge in [0.25, 0.3) is 0 Å². The SMILES string of the molecule is O=C(CNC(=O)CC12CC3CC(CC(C3)C1)C2)NCc1ccc(Cl)cc1Cl. The molecule has 0 atom stereocenters. The Bertz CT molecular complexity index is 714. The summed E-state index contributed by atoms with van der Waals surface area (Å²) in [5.41, 5.74) is 1.00. The van der Waals surface area contributed by atoms with Gasteiger partial charge in [0, 0.05) is 23.0 Å². The van der Waals surface area contributed by atoms with Gasteiger partial charge in [-0.2, -0.15) is 0 Å². The van der Waals surface area contributed by atoms with Crippen molar-refractivity contribution in [2.24, 2.45) is 23.2 Å². The van der Waals surface area contributed by atoms with Crippen molar-refractivity contribution >= 4 is 35.0 Å². The topological polar surface area (TPSA) is 58.2 Å². The zero-order valence-electron chi connectivity index (χ0n) is 15.4. The molecule has 0 spiro atoms. The number of rotatable bonds is 6. The van der Waals surface area contributed by atoms with E-state index < -0.39 is 0 Å². The second-order valence-electron chi connectivity index (χ2n) is 8.88. The maximum absolute atomic E-state index is 12.5. The van der Waals surface area contributed by atoms with Crippen molar-refractivity contribution in [2.45, 2.75) is 51.5 Å². The Labute approximate surface area is 170 Å². The van der Waals surface area contributed by atoms with Crippen molar-refractivity contribution in [2.75, 3.05) is 6.54 Å². The number of halogens is 2. The van der Waals surface area contributed by atoms with E-state index >= 15 is 0 Å². The molecule has 4 fully saturated rings. The van der Waals surface area contributed by atoms with Crippen molar-refractivity contribution in [1.82, 2.24) is 10.6 Å². The summed E-state index contributed by atoms with van der Waals surface area (Å²) in [6.45, 7) is 0.329. The third kappa shape index (κ3) is 4.43. The van der Waals surface area contributed by atoms with Crippen LogP contribution in [-0.2, 0) is 16.1 Å². The van der Waals surface area contributed by atoms with Crippen molar-refractivity contribution in [3.63, 3.8) is 0 Å². The Hall–Kier alpha value is -1.26. The molecule has 0 unspecified atom stereocenters. The summed E-state index contributed by atoms with van der Waals surface area (Å²) in [6.07, 6.45) is 8.30. The predicted octanol–water partition coefficient (Wildman–Crippen LogP) is 4.33. The summed E-state index contributed by atoms with van der Waals surface area (Å²) in [5, 5.41) is 6.69. The first-order valence-electron chi connectivity index (χ1n) is 9.88. The molecule has 4 bridgehead atoms. The fraction of sp³-hybridized carbons (Fsp3) is 0.619. The second kappa shape index (κ2) is 7.63. The van der Waals surface area contributed by atoms with E-state index in [4.69, 9.17) is 23.2 Å². The van der Waals surface area contributed by atoms with Gasteiger partial charge >= 0.3 is 0 Å². The lowest BCUT2D eigenvalue weighted by Crippen LogP contribution is -2.48. The maximum Gasteiger partial charge on any atom is 0.239 e. The minimum atomic E-state index is -0.208. The van der Waals surface area contributed by atoms with E-state index in [0.717, 1.165) is 23.3 Å². The smallest absolute Gasteiger partial charge is 0.239 e. The normalized spacial score (nSPS) is 31.0. The molecule has 4 saturated carbocycles. The van der Waals surface area contributed by atoms with Gasteiger partial charge in [-0.15, -0.1) is 0 Å². The van der Waals surface area contributed by atoms with Crippen molar-refractivity contribution in [3.05, 3.63) is 33.8 Å². The predicted molar refractivity (Wildman–Crippen MR) is 107 cm³/mol. The summed E-state index contributed by atoms with van der Waals surface area (Å²) < 4.78 is 0. The van der Waals surface area contributed by atoms with Gasteiger partial charge in [0.1, 0.15) is 0 Å². The molecule has 146 valence electrons. The number of hydrogen-bond donors (Lipinski definition) is 2. The van der Waals surface area contributed by atoms with Crippen LogP contribution in [0.2, 0.25) is 10.0 Å². The van der Waals surface area contributed by atoms with Gasteiger partial charge in [-0.1, -0.05) is 29.3 Å². The van der Waals surface area contributed by atoms with E-state index in [1.165, 1.54) is 38.5 Å². The molecule has 2 N–H and O–H groups in total. The van der Waals surface area contributed by atoms with Crippen molar-refractivity contribution in [1.29, 1.82) is 0 Å². The molecule has 1 aromatic carbocycles. The molecular weight excluding hydrogens is 383 g/mol. The Kier molecular flexibility index (Phi) is 5.39. The minimum Gasteiger partial charge on any atom is -0.350 e. The highest BCUT2D eigenvalue weighted by Gasteiger charge is 2.51. The largest absolute Gasteiger partial charge is 0.350 e. The van der Waals surface area contributed by atoms with E-state index in [1.54, 1.807) is 18.2 Å². The lowest BCUT2D eigenvalue weighted by atomic mass is 9.49. The Morgan fingerprint density at radius 2 is 1.59 bits per heavy atom. The number of nitrogens with one attached hydrogen (secondary N) is 2. The van der Waals surface area contributed by atoms with Crippen LogP contribution in [-0.4, -0.2) is 18.4 Å². The lowest BCUT2D eigenvalue weighted by molar-refractivity contribution is -0.131. The first kappa shape index (κ1) is 19.1. The lowest BCUT2D eigenvalue weighted by Gasteiger charge is -2.56. The van der Waals surface area contributed by atoms with Crippen LogP contribution in [0.15, 0.2) is 18.2 Å². The molecule has 27 heavy (non-hydrogen) atoms. The molecule has 0 heterocycles. The van der Waals surface area contributed by atoms with Gasteiger partial charge in [-0.25, -0.2) is 0 Å². The van der Waals surface area contributed by atoms with E-state index in [-0.39, 0.29) is 23.8 Å². The number of amides is 2. The van der Waals surface area contributed by atoms with E-state index in [0.29, 0.717) is 23.0 Å². The van der Waals surface area contributed by atoms with Gasteiger partial charge in [-0.3, -0.25) is 9.59 Å². The fourth-order valence-corrected chi connectivity index (χ4v) is 6.49. The first-order chi connectivity index (χ1) is 12.9. The molecule has 0 saturated heterocycles. The van der Waals surface area contributed by atoms with Crippen LogP contribution in [0.1, 0.15) is 50.5 Å². The Morgan fingerprint density at radius 3 is 2.19 bits per heavy atom. The molecular formula is C21H26Cl2N2O2. The third-order valence-corrected chi connectivity index (χ3v) is 7.22. The van der Waals surface area contributed by atoms with Crippen molar-refractivity contribution < 1.29 is 9.59 Å². The van der Waals surface area contributed by atoms with E-state index in [9.17, 15) is 9.59 Å². The summed E-state index contributed by atoms with van der Waals surface area (Å²) in [4.78, 5) is 24.5. The number of hydrogen-bond acceptors (Lipinski definition) is 2. The van der Waals surface area contributed by atoms with Crippen LogP contribution >= 0.6 is 23.2 Å². The summed E-state index contributed by atoms with van der Waals surface area (Å²) >= 11 is 12.0. The van der Waals surface area contributed by atoms with E-state index in [1.807, 2.05) is 0 Å². The Balaban J connectivity index is 1.23. The quantitative estimate of drug-likeness (QED) is 0.735. The van der Waals surface area contributed by atoms with Crippen LogP contribution in [0.3, 0.4) is 0 Å². The molecule has 4 aliphatic rings. The third-order valence-electron chi connectivity index (χ3n) is 6.64. The molecule has 0 aromatic heterocycles. The summed E-state index contributed by atoms with van der Waals surface area (Å²) in [7, 11) is 0.